The van der Waals surface area contributed by atoms with Crippen molar-refractivity contribution in [1.82, 2.24) is 15.1 Å². The van der Waals surface area contributed by atoms with Gasteiger partial charge < -0.3 is 10.2 Å². The lowest BCUT2D eigenvalue weighted by atomic mass is 9.84. The van der Waals surface area contributed by atoms with Gasteiger partial charge in [0.1, 0.15) is 12.6 Å². The highest BCUT2D eigenvalue weighted by Crippen LogP contribution is 2.29. The second-order valence-corrected chi connectivity index (χ2v) is 7.04. The van der Waals surface area contributed by atoms with Crippen LogP contribution < -0.4 is 5.32 Å². The van der Waals surface area contributed by atoms with Crippen molar-refractivity contribution in [3.63, 3.8) is 0 Å². The molecule has 2 saturated heterocycles. The average molecular weight is 321 g/mol. The number of hydrogen-bond acceptors (Lipinski definition) is 3. The van der Waals surface area contributed by atoms with Crippen LogP contribution in [0.25, 0.3) is 0 Å². The van der Waals surface area contributed by atoms with Gasteiger partial charge >= 0.3 is 6.03 Å². The molecule has 0 aromatic carbocycles. The molecule has 23 heavy (non-hydrogen) atoms. The van der Waals surface area contributed by atoms with Crippen molar-refractivity contribution in [2.45, 2.75) is 63.8 Å². The molecule has 0 spiro atoms. The fraction of sp³-hybridized carbons (Fsp3) is 0.824. The van der Waals surface area contributed by atoms with E-state index in [1.165, 1.54) is 6.42 Å². The Morgan fingerprint density at radius 1 is 0.957 bits per heavy atom. The molecular weight excluding hydrogens is 294 g/mol. The smallest absolute Gasteiger partial charge is 0.325 e. The van der Waals surface area contributed by atoms with E-state index in [4.69, 9.17) is 0 Å². The van der Waals surface area contributed by atoms with Crippen LogP contribution in [0.3, 0.4) is 0 Å². The Hall–Kier alpha value is -1.59. The van der Waals surface area contributed by atoms with Gasteiger partial charge in [-0.2, -0.15) is 0 Å². The first-order valence-electron chi connectivity index (χ1n) is 9.06. The Balaban J connectivity index is 1.59. The van der Waals surface area contributed by atoms with E-state index >= 15 is 0 Å². The predicted octanol–water partition coefficient (Wildman–Crippen LogP) is 1.89. The van der Waals surface area contributed by atoms with Crippen LogP contribution in [0.1, 0.15) is 57.8 Å². The van der Waals surface area contributed by atoms with Crippen molar-refractivity contribution >= 4 is 17.8 Å². The molecule has 1 saturated carbocycles. The predicted molar refractivity (Wildman–Crippen MR) is 85.7 cm³/mol. The van der Waals surface area contributed by atoms with Gasteiger partial charge in [-0.1, -0.05) is 32.1 Å². The van der Waals surface area contributed by atoms with Gasteiger partial charge in [-0.15, -0.1) is 0 Å². The van der Waals surface area contributed by atoms with Gasteiger partial charge in [0.15, 0.2) is 0 Å². The van der Waals surface area contributed by atoms with Crippen molar-refractivity contribution < 1.29 is 14.4 Å². The third-order valence-electron chi connectivity index (χ3n) is 5.43. The summed E-state index contributed by atoms with van der Waals surface area (Å²) in [4.78, 5) is 40.1. The van der Waals surface area contributed by atoms with Gasteiger partial charge in [-0.3, -0.25) is 14.5 Å². The Morgan fingerprint density at radius 3 is 2.22 bits per heavy atom. The summed E-state index contributed by atoms with van der Waals surface area (Å²) in [6.45, 7) is 1.39. The summed E-state index contributed by atoms with van der Waals surface area (Å²) >= 11 is 0. The van der Waals surface area contributed by atoms with Crippen LogP contribution in [-0.4, -0.2) is 53.3 Å². The van der Waals surface area contributed by atoms with Crippen LogP contribution in [0.15, 0.2) is 0 Å². The van der Waals surface area contributed by atoms with Gasteiger partial charge in [0.2, 0.25) is 5.91 Å². The van der Waals surface area contributed by atoms with E-state index < -0.39 is 12.1 Å². The van der Waals surface area contributed by atoms with Gasteiger partial charge in [0.25, 0.3) is 5.91 Å². The summed E-state index contributed by atoms with van der Waals surface area (Å²) in [5.41, 5.74) is 0. The molecule has 2 aliphatic heterocycles. The van der Waals surface area contributed by atoms with E-state index in [0.29, 0.717) is 0 Å². The van der Waals surface area contributed by atoms with Gasteiger partial charge in [0, 0.05) is 13.1 Å². The molecule has 3 fully saturated rings. The molecule has 0 bridgehead atoms. The average Bonchev–Trinajstić information content (AvgIpc) is 2.78. The summed E-state index contributed by atoms with van der Waals surface area (Å²) in [6, 6.07) is -0.812. The molecule has 2 heterocycles. The minimum atomic E-state index is -0.417. The first-order valence-corrected chi connectivity index (χ1v) is 9.06. The number of likely N-dealkylation sites (tertiary alicyclic amines) is 1. The van der Waals surface area contributed by atoms with Gasteiger partial charge in [-0.05, 0) is 31.6 Å². The molecule has 6 nitrogen and oxygen atoms in total. The standard InChI is InChI=1S/C17H27N3O3/c21-14(19-10-6-1-2-7-11-19)12-20-16(22)15(18-17(20)23)13-8-4-3-5-9-13/h13,15H,1-12H2,(H,18,23)/t15-/m0/s1. The van der Waals surface area contributed by atoms with Crippen LogP contribution >= 0.6 is 0 Å². The highest BCUT2D eigenvalue weighted by atomic mass is 16.2. The molecule has 128 valence electrons. The van der Waals surface area contributed by atoms with Crippen LogP contribution in [0, 0.1) is 5.92 Å². The number of carbonyl (C=O) groups excluding carboxylic acids is 3. The largest absolute Gasteiger partial charge is 0.341 e. The first kappa shape index (κ1) is 16.3. The van der Waals surface area contributed by atoms with E-state index in [9.17, 15) is 14.4 Å². The highest BCUT2D eigenvalue weighted by molar-refractivity contribution is 6.06. The highest BCUT2D eigenvalue weighted by Gasteiger charge is 2.43. The zero-order valence-corrected chi connectivity index (χ0v) is 13.8. The summed E-state index contributed by atoms with van der Waals surface area (Å²) in [7, 11) is 0. The summed E-state index contributed by atoms with van der Waals surface area (Å²) < 4.78 is 0. The SMILES string of the molecule is O=C(CN1C(=O)N[C@@H](C2CCCCC2)C1=O)N1CCCCCC1. The van der Waals surface area contributed by atoms with Crippen molar-refractivity contribution in [3.8, 4) is 0 Å². The third kappa shape index (κ3) is 3.67. The topological polar surface area (TPSA) is 69.7 Å². The van der Waals surface area contributed by atoms with Crippen molar-refractivity contribution in [1.29, 1.82) is 0 Å². The van der Waals surface area contributed by atoms with Crippen molar-refractivity contribution in [2.75, 3.05) is 19.6 Å². The number of nitrogens with one attached hydrogen (secondary N) is 1. The van der Waals surface area contributed by atoms with E-state index in [2.05, 4.69) is 5.32 Å². The van der Waals surface area contributed by atoms with Crippen LogP contribution in [0.5, 0.6) is 0 Å². The van der Waals surface area contributed by atoms with E-state index in [-0.39, 0.29) is 24.3 Å². The van der Waals surface area contributed by atoms with E-state index in [0.717, 1.165) is 69.4 Å². The van der Waals surface area contributed by atoms with Crippen molar-refractivity contribution in [3.05, 3.63) is 0 Å². The molecular formula is C17H27N3O3. The number of amides is 4. The van der Waals surface area contributed by atoms with E-state index in [1.807, 2.05) is 4.90 Å². The normalized spacial score (nSPS) is 27.0. The number of carbonyl (C=O) groups is 3. The molecule has 0 aromatic rings. The Morgan fingerprint density at radius 2 is 1.57 bits per heavy atom. The summed E-state index contributed by atoms with van der Waals surface area (Å²) in [5, 5.41) is 2.81. The fourth-order valence-corrected chi connectivity index (χ4v) is 4.03. The molecule has 0 radical (unpaired) electrons. The molecule has 1 N–H and O–H groups in total. The first-order chi connectivity index (χ1) is 11.2. The second-order valence-electron chi connectivity index (χ2n) is 7.04. The van der Waals surface area contributed by atoms with Crippen LogP contribution in [0.4, 0.5) is 4.79 Å². The zero-order chi connectivity index (χ0) is 16.2. The zero-order valence-electron chi connectivity index (χ0n) is 13.8. The number of rotatable bonds is 3. The summed E-state index contributed by atoms with van der Waals surface area (Å²) in [5.74, 6) is -0.0664. The van der Waals surface area contributed by atoms with Crippen LogP contribution in [-0.2, 0) is 9.59 Å². The van der Waals surface area contributed by atoms with E-state index in [1.54, 1.807) is 0 Å². The number of imide groups is 1. The molecule has 3 rings (SSSR count). The molecule has 1 aliphatic carbocycles. The second kappa shape index (κ2) is 7.32. The van der Waals surface area contributed by atoms with Gasteiger partial charge in [0.05, 0.1) is 0 Å². The maximum absolute atomic E-state index is 12.6. The maximum atomic E-state index is 12.6. The molecule has 1 atom stereocenters. The fourth-order valence-electron chi connectivity index (χ4n) is 4.03. The number of urea groups is 1. The lowest BCUT2D eigenvalue weighted by Crippen LogP contribution is -2.44. The lowest BCUT2D eigenvalue weighted by Gasteiger charge is -2.26. The summed E-state index contributed by atoms with van der Waals surface area (Å²) in [6.07, 6.45) is 9.76. The minimum absolute atomic E-state index is 0.0975. The van der Waals surface area contributed by atoms with Crippen LogP contribution in [0.2, 0.25) is 0 Å². The van der Waals surface area contributed by atoms with Crippen molar-refractivity contribution in [2.24, 2.45) is 5.92 Å². The monoisotopic (exact) mass is 321 g/mol. The molecule has 4 amide bonds. The maximum Gasteiger partial charge on any atom is 0.325 e. The molecule has 0 unspecified atom stereocenters. The number of hydrogen-bond donors (Lipinski definition) is 1. The molecule has 6 heteroatoms. The molecule has 0 aromatic heterocycles. The van der Waals surface area contributed by atoms with Gasteiger partial charge in [-0.25, -0.2) is 4.79 Å². The quantitative estimate of drug-likeness (QED) is 0.807. The minimum Gasteiger partial charge on any atom is -0.341 e. The lowest BCUT2D eigenvalue weighted by molar-refractivity contribution is -0.137. The number of nitrogens with zero attached hydrogens (tertiary/aromatic N) is 2. The molecule has 3 aliphatic rings. The Kier molecular flexibility index (Phi) is 5.18. The Labute approximate surface area is 137 Å². The Bertz CT molecular complexity index is 466. The third-order valence-corrected chi connectivity index (χ3v) is 5.43.